The minimum absolute atomic E-state index is 0.0282. The molecule has 10 heteroatoms. The number of hydrogen-bond donors (Lipinski definition) is 2. The molecule has 0 aliphatic carbocycles. The number of para-hydroxylation sites is 1. The molecule has 1 saturated heterocycles. The Hall–Kier alpha value is -3.72. The normalized spacial score (nSPS) is 17.7. The number of carboxylic acids is 1. The molecule has 1 unspecified atom stereocenters. The van der Waals surface area contributed by atoms with Gasteiger partial charge in [-0.1, -0.05) is 23.7 Å². The topological polar surface area (TPSA) is 138 Å². The van der Waals surface area contributed by atoms with E-state index >= 15 is 0 Å². The SMILES string of the molecule is O=C(O)CCCN1C(=O)C(=O)/C(=C(/O)c2ccc(Cl)cc2)C1c1ccccc1[N+](=O)[O-]. The number of carboxylic acid groups (broad SMARTS) is 1. The number of hydrogen-bond acceptors (Lipinski definition) is 6. The highest BCUT2D eigenvalue weighted by atomic mass is 35.5. The van der Waals surface area contributed by atoms with Gasteiger partial charge in [0, 0.05) is 29.6 Å². The smallest absolute Gasteiger partial charge is 0.303 e. The van der Waals surface area contributed by atoms with Gasteiger partial charge in [-0.2, -0.15) is 0 Å². The van der Waals surface area contributed by atoms with Crippen molar-refractivity contribution in [1.29, 1.82) is 0 Å². The van der Waals surface area contributed by atoms with E-state index in [4.69, 9.17) is 16.7 Å². The van der Waals surface area contributed by atoms with Crippen molar-refractivity contribution in [2.24, 2.45) is 0 Å². The average Bonchev–Trinajstić information content (AvgIpc) is 2.98. The molecule has 1 heterocycles. The Balaban J connectivity index is 2.18. The lowest BCUT2D eigenvalue weighted by Crippen LogP contribution is -2.31. The van der Waals surface area contributed by atoms with Crippen molar-refractivity contribution < 1.29 is 29.5 Å². The van der Waals surface area contributed by atoms with Crippen LogP contribution in [0.4, 0.5) is 5.69 Å². The van der Waals surface area contributed by atoms with Gasteiger partial charge < -0.3 is 15.1 Å². The van der Waals surface area contributed by atoms with Gasteiger partial charge in [-0.3, -0.25) is 24.5 Å². The summed E-state index contributed by atoms with van der Waals surface area (Å²) in [5, 5.41) is 31.7. The van der Waals surface area contributed by atoms with Crippen LogP contribution in [0.25, 0.3) is 5.76 Å². The van der Waals surface area contributed by atoms with Gasteiger partial charge in [0.05, 0.1) is 22.1 Å². The maximum atomic E-state index is 12.8. The standard InChI is InChI=1S/C21H17ClN2O7/c22-13-9-7-12(8-10-13)19(27)17-18(14-4-1-2-5-15(14)24(30)31)23(21(29)20(17)28)11-3-6-16(25)26/h1-2,4-5,7-10,18,27H,3,6,11H2,(H,25,26)/b19-17+. The maximum Gasteiger partial charge on any atom is 0.303 e. The lowest BCUT2D eigenvalue weighted by Gasteiger charge is -2.25. The lowest BCUT2D eigenvalue weighted by molar-refractivity contribution is -0.385. The van der Waals surface area contributed by atoms with Crippen molar-refractivity contribution >= 4 is 40.7 Å². The van der Waals surface area contributed by atoms with Crippen molar-refractivity contribution in [2.75, 3.05) is 6.54 Å². The van der Waals surface area contributed by atoms with Crippen molar-refractivity contribution in [1.82, 2.24) is 4.90 Å². The first kappa shape index (κ1) is 22.0. The molecule has 0 saturated carbocycles. The first-order chi connectivity index (χ1) is 14.7. The minimum atomic E-state index is -1.24. The van der Waals surface area contributed by atoms with Crippen molar-refractivity contribution in [2.45, 2.75) is 18.9 Å². The summed E-state index contributed by atoms with van der Waals surface area (Å²) in [6, 6.07) is 10.2. The fraction of sp³-hybridized carbons (Fsp3) is 0.190. The molecule has 9 nitrogen and oxygen atoms in total. The van der Waals surface area contributed by atoms with Gasteiger partial charge in [0.15, 0.2) is 0 Å². The van der Waals surface area contributed by atoms with Gasteiger partial charge >= 0.3 is 5.97 Å². The summed E-state index contributed by atoms with van der Waals surface area (Å²) < 4.78 is 0. The fourth-order valence-electron chi connectivity index (χ4n) is 3.48. The summed E-state index contributed by atoms with van der Waals surface area (Å²) in [6.07, 6.45) is -0.232. The number of carbonyl (C=O) groups is 3. The van der Waals surface area contributed by atoms with E-state index < -0.39 is 34.4 Å². The average molecular weight is 445 g/mol. The van der Waals surface area contributed by atoms with Crippen molar-refractivity contribution in [3.05, 3.63) is 80.4 Å². The Morgan fingerprint density at radius 3 is 2.35 bits per heavy atom. The van der Waals surface area contributed by atoms with E-state index in [-0.39, 0.29) is 41.8 Å². The summed E-state index contributed by atoms with van der Waals surface area (Å²) in [4.78, 5) is 48.5. The molecule has 1 aliphatic rings. The third-order valence-electron chi connectivity index (χ3n) is 4.88. The van der Waals surface area contributed by atoms with Crippen LogP contribution in [0, 0.1) is 10.1 Å². The van der Waals surface area contributed by atoms with Crippen molar-refractivity contribution in [3.8, 4) is 0 Å². The van der Waals surface area contributed by atoms with Crippen LogP contribution in [0.15, 0.2) is 54.1 Å². The summed E-state index contributed by atoms with van der Waals surface area (Å²) in [5.41, 5.74) is -0.398. The molecule has 0 aromatic heterocycles. The molecule has 1 aliphatic heterocycles. The van der Waals surface area contributed by atoms with Crippen molar-refractivity contribution in [3.63, 3.8) is 0 Å². The molecular weight excluding hydrogens is 428 g/mol. The molecule has 2 N–H and O–H groups in total. The van der Waals surface area contributed by atoms with Crippen LogP contribution >= 0.6 is 11.6 Å². The predicted molar refractivity (Wildman–Crippen MR) is 110 cm³/mol. The highest BCUT2D eigenvalue weighted by molar-refractivity contribution is 6.46. The molecule has 3 rings (SSSR count). The van der Waals surface area contributed by atoms with Gasteiger partial charge in [0.2, 0.25) is 0 Å². The summed E-state index contributed by atoms with van der Waals surface area (Å²) in [7, 11) is 0. The van der Waals surface area contributed by atoms with Gasteiger partial charge in [-0.25, -0.2) is 0 Å². The molecule has 2 aromatic rings. The van der Waals surface area contributed by atoms with Crippen LogP contribution in [-0.4, -0.2) is 44.2 Å². The van der Waals surface area contributed by atoms with Crippen LogP contribution in [-0.2, 0) is 14.4 Å². The second-order valence-electron chi connectivity index (χ2n) is 6.81. The third-order valence-corrected chi connectivity index (χ3v) is 5.13. The molecule has 2 aromatic carbocycles. The summed E-state index contributed by atoms with van der Waals surface area (Å²) in [6.45, 7) is -0.134. The second-order valence-corrected chi connectivity index (χ2v) is 7.25. The van der Waals surface area contributed by atoms with E-state index in [0.29, 0.717) is 5.02 Å². The Kier molecular flexibility index (Phi) is 6.36. The number of nitro groups is 1. The molecular formula is C21H17ClN2O7. The monoisotopic (exact) mass is 444 g/mol. The number of aliphatic carboxylic acids is 1. The van der Waals surface area contributed by atoms with E-state index in [1.807, 2.05) is 0 Å². The Labute approximate surface area is 181 Å². The van der Waals surface area contributed by atoms with Crippen LogP contribution in [0.5, 0.6) is 0 Å². The Bertz CT molecular complexity index is 1100. The Morgan fingerprint density at radius 2 is 1.74 bits per heavy atom. The number of ketones is 1. The zero-order valence-electron chi connectivity index (χ0n) is 16.0. The van der Waals surface area contributed by atoms with E-state index in [9.17, 15) is 29.6 Å². The van der Waals surface area contributed by atoms with E-state index in [1.54, 1.807) is 0 Å². The number of likely N-dealkylation sites (tertiary alicyclic amines) is 1. The number of carbonyl (C=O) groups excluding carboxylic acids is 2. The number of benzene rings is 2. The van der Waals surface area contributed by atoms with Crippen LogP contribution < -0.4 is 0 Å². The quantitative estimate of drug-likeness (QED) is 0.219. The second kappa shape index (κ2) is 8.97. The fourth-order valence-corrected chi connectivity index (χ4v) is 3.61. The number of nitro benzene ring substituents is 1. The number of rotatable bonds is 7. The first-order valence-electron chi connectivity index (χ1n) is 9.21. The zero-order chi connectivity index (χ0) is 22.7. The highest BCUT2D eigenvalue weighted by Crippen LogP contribution is 2.42. The molecule has 160 valence electrons. The Morgan fingerprint density at radius 1 is 1.10 bits per heavy atom. The van der Waals surface area contributed by atoms with Crippen LogP contribution in [0.3, 0.4) is 0 Å². The zero-order valence-corrected chi connectivity index (χ0v) is 16.8. The van der Waals surface area contributed by atoms with Gasteiger partial charge in [-0.15, -0.1) is 0 Å². The molecule has 0 spiro atoms. The van der Waals surface area contributed by atoms with Crippen LogP contribution in [0.2, 0.25) is 5.02 Å². The lowest BCUT2D eigenvalue weighted by atomic mass is 9.94. The van der Waals surface area contributed by atoms with E-state index in [2.05, 4.69) is 0 Å². The van der Waals surface area contributed by atoms with Gasteiger partial charge in [-0.05, 0) is 36.8 Å². The van der Waals surface area contributed by atoms with E-state index in [1.165, 1.54) is 48.5 Å². The molecule has 1 fully saturated rings. The summed E-state index contributed by atoms with van der Waals surface area (Å²) in [5.74, 6) is -3.56. The maximum absolute atomic E-state index is 12.8. The number of Topliss-reactive ketones (excluding diaryl/α,β-unsaturated/α-hetero) is 1. The molecule has 0 bridgehead atoms. The molecule has 31 heavy (non-hydrogen) atoms. The van der Waals surface area contributed by atoms with Gasteiger partial charge in [0.1, 0.15) is 5.76 Å². The molecule has 0 radical (unpaired) electrons. The predicted octanol–water partition coefficient (Wildman–Crippen LogP) is 3.53. The minimum Gasteiger partial charge on any atom is -0.507 e. The summed E-state index contributed by atoms with van der Waals surface area (Å²) >= 11 is 5.86. The molecule has 1 amide bonds. The third kappa shape index (κ3) is 4.41. The molecule has 1 atom stereocenters. The number of amides is 1. The van der Waals surface area contributed by atoms with Gasteiger partial charge in [0.25, 0.3) is 17.4 Å². The number of halogens is 1. The largest absolute Gasteiger partial charge is 0.507 e. The highest BCUT2D eigenvalue weighted by Gasteiger charge is 2.47. The van der Waals surface area contributed by atoms with Crippen LogP contribution in [0.1, 0.15) is 30.0 Å². The number of nitrogens with zero attached hydrogens (tertiary/aromatic N) is 2. The number of aliphatic hydroxyl groups excluding tert-OH is 1. The number of aliphatic hydroxyl groups is 1. The first-order valence-corrected chi connectivity index (χ1v) is 9.59. The van der Waals surface area contributed by atoms with E-state index in [0.717, 1.165) is 4.90 Å².